The van der Waals surface area contributed by atoms with Gasteiger partial charge in [0.1, 0.15) is 0 Å². The van der Waals surface area contributed by atoms with E-state index < -0.39 is 17.5 Å². The molecule has 166 valence electrons. The average molecular weight is 443 g/mol. The van der Waals surface area contributed by atoms with E-state index >= 15 is 0 Å². The topological polar surface area (TPSA) is 94.2 Å². The zero-order chi connectivity index (χ0) is 22.7. The fraction of sp³-hybridized carbons (Fsp3) is 0.190. The van der Waals surface area contributed by atoms with Crippen LogP contribution in [0.15, 0.2) is 42.6 Å². The highest BCUT2D eigenvalue weighted by Gasteiger charge is 2.19. The number of halogens is 3. The third-order valence-electron chi connectivity index (χ3n) is 4.85. The molecule has 1 aliphatic rings. The number of carbonyl (C=O) groups excluding carboxylic acids is 1. The summed E-state index contributed by atoms with van der Waals surface area (Å²) in [5.74, 6) is -2.90. The lowest BCUT2D eigenvalue weighted by atomic mass is 10.1. The maximum Gasteiger partial charge on any atom is 0.229 e. The molecule has 1 aromatic heterocycles. The van der Waals surface area contributed by atoms with Crippen LogP contribution >= 0.6 is 0 Å². The second kappa shape index (κ2) is 9.10. The van der Waals surface area contributed by atoms with Gasteiger partial charge in [0.15, 0.2) is 23.3 Å². The summed E-state index contributed by atoms with van der Waals surface area (Å²) < 4.78 is 40.6. The van der Waals surface area contributed by atoms with E-state index in [0.29, 0.717) is 25.2 Å². The summed E-state index contributed by atoms with van der Waals surface area (Å²) in [5.41, 5.74) is 6.02. The quantitative estimate of drug-likeness (QED) is 0.445. The predicted molar refractivity (Wildman–Crippen MR) is 114 cm³/mol. The minimum atomic E-state index is -1.06. The van der Waals surface area contributed by atoms with Crippen LogP contribution in [0.2, 0.25) is 0 Å². The van der Waals surface area contributed by atoms with Crippen molar-refractivity contribution in [3.8, 4) is 0 Å². The summed E-state index contributed by atoms with van der Waals surface area (Å²) in [4.78, 5) is 19.5. The fourth-order valence-corrected chi connectivity index (χ4v) is 3.23. The number of benzene rings is 2. The number of anilines is 5. The zero-order valence-electron chi connectivity index (χ0n) is 17.0. The minimum absolute atomic E-state index is 0.0419. The Bertz CT molecular complexity index is 1160. The normalized spacial score (nSPS) is 12.4. The standard InChI is InChI=1S/C21H20F3N7O/c1-25-19(32)6-7-31-18-5-3-13(8-12(18)10-27-31)29-21-26-11-17(24)20(30-21)28-14-2-4-15(22)16(23)9-14/h2-5,8-9,11,27H,6-7,10H2,1H3,(H,25,32)(H2,26,28,29,30). The third kappa shape index (κ3) is 4.72. The third-order valence-corrected chi connectivity index (χ3v) is 4.85. The number of hydrazine groups is 1. The van der Waals surface area contributed by atoms with Crippen molar-refractivity contribution in [2.45, 2.75) is 13.0 Å². The van der Waals surface area contributed by atoms with E-state index in [2.05, 4.69) is 31.3 Å². The Morgan fingerprint density at radius 2 is 1.84 bits per heavy atom. The van der Waals surface area contributed by atoms with Gasteiger partial charge in [0, 0.05) is 44.0 Å². The molecule has 2 heterocycles. The monoisotopic (exact) mass is 443 g/mol. The van der Waals surface area contributed by atoms with Crippen molar-refractivity contribution in [2.24, 2.45) is 0 Å². The van der Waals surface area contributed by atoms with Gasteiger partial charge in [-0.25, -0.2) is 23.6 Å². The van der Waals surface area contributed by atoms with Gasteiger partial charge in [-0.15, -0.1) is 0 Å². The second-order valence-electron chi connectivity index (χ2n) is 7.02. The summed E-state index contributed by atoms with van der Waals surface area (Å²) in [6.07, 6.45) is 1.34. The number of rotatable bonds is 7. The van der Waals surface area contributed by atoms with Crippen molar-refractivity contribution in [1.29, 1.82) is 0 Å². The first-order chi connectivity index (χ1) is 15.4. The molecule has 0 atom stereocenters. The van der Waals surface area contributed by atoms with Gasteiger partial charge in [-0.05, 0) is 35.9 Å². The molecule has 4 rings (SSSR count). The summed E-state index contributed by atoms with van der Waals surface area (Å²) in [7, 11) is 1.60. The molecule has 3 aromatic rings. The Hall–Kier alpha value is -3.86. The molecule has 1 amide bonds. The lowest BCUT2D eigenvalue weighted by Gasteiger charge is -2.19. The van der Waals surface area contributed by atoms with Crippen LogP contribution in [-0.4, -0.2) is 29.5 Å². The zero-order valence-corrected chi connectivity index (χ0v) is 17.0. The van der Waals surface area contributed by atoms with Crippen LogP contribution < -0.4 is 26.4 Å². The number of hydrogen-bond donors (Lipinski definition) is 4. The highest BCUT2D eigenvalue weighted by atomic mass is 19.2. The maximum absolute atomic E-state index is 14.1. The first-order valence-corrected chi connectivity index (χ1v) is 9.79. The molecule has 11 heteroatoms. The molecule has 0 bridgehead atoms. The Labute approximate surface area is 181 Å². The van der Waals surface area contributed by atoms with Gasteiger partial charge in [0.2, 0.25) is 11.9 Å². The molecule has 2 aromatic carbocycles. The number of hydrogen-bond acceptors (Lipinski definition) is 7. The fourth-order valence-electron chi connectivity index (χ4n) is 3.23. The molecule has 0 radical (unpaired) electrons. The molecule has 4 N–H and O–H groups in total. The summed E-state index contributed by atoms with van der Waals surface area (Å²) in [5, 5.41) is 10.1. The SMILES string of the molecule is CNC(=O)CCN1NCc2cc(Nc3ncc(F)c(Nc4ccc(F)c(F)c4)n3)ccc21. The van der Waals surface area contributed by atoms with Gasteiger partial charge in [-0.3, -0.25) is 4.79 Å². The summed E-state index contributed by atoms with van der Waals surface area (Å²) in [6.45, 7) is 1.12. The van der Waals surface area contributed by atoms with Crippen LogP contribution in [0.25, 0.3) is 0 Å². The molecule has 0 fully saturated rings. The summed E-state index contributed by atoms with van der Waals surface area (Å²) >= 11 is 0. The number of nitrogens with zero attached hydrogens (tertiary/aromatic N) is 3. The van der Waals surface area contributed by atoms with Gasteiger partial charge >= 0.3 is 0 Å². The Balaban J connectivity index is 1.47. The van der Waals surface area contributed by atoms with E-state index in [1.807, 2.05) is 23.2 Å². The van der Waals surface area contributed by atoms with Gasteiger partial charge in [0.25, 0.3) is 0 Å². The highest BCUT2D eigenvalue weighted by molar-refractivity contribution is 5.76. The van der Waals surface area contributed by atoms with Crippen molar-refractivity contribution in [3.63, 3.8) is 0 Å². The first-order valence-electron chi connectivity index (χ1n) is 9.79. The van der Waals surface area contributed by atoms with E-state index in [1.54, 1.807) is 7.05 Å². The molecule has 0 unspecified atom stereocenters. The van der Waals surface area contributed by atoms with Crippen LogP contribution in [0.5, 0.6) is 0 Å². The van der Waals surface area contributed by atoms with E-state index in [4.69, 9.17) is 0 Å². The van der Waals surface area contributed by atoms with E-state index in [-0.39, 0.29) is 23.4 Å². The first kappa shape index (κ1) is 21.4. The minimum Gasteiger partial charge on any atom is -0.359 e. The molecular formula is C21H20F3N7O. The van der Waals surface area contributed by atoms with Crippen LogP contribution in [0.4, 0.5) is 42.0 Å². The van der Waals surface area contributed by atoms with Crippen molar-refractivity contribution in [1.82, 2.24) is 20.7 Å². The van der Waals surface area contributed by atoms with Crippen molar-refractivity contribution < 1.29 is 18.0 Å². The molecular weight excluding hydrogens is 423 g/mol. The van der Waals surface area contributed by atoms with Gasteiger partial charge in [-0.1, -0.05) is 0 Å². The van der Waals surface area contributed by atoms with Crippen molar-refractivity contribution in [3.05, 3.63) is 65.6 Å². The Morgan fingerprint density at radius 1 is 1.06 bits per heavy atom. The second-order valence-corrected chi connectivity index (χ2v) is 7.02. The molecule has 0 aliphatic carbocycles. The van der Waals surface area contributed by atoms with Gasteiger partial charge in [-0.2, -0.15) is 4.98 Å². The smallest absolute Gasteiger partial charge is 0.229 e. The van der Waals surface area contributed by atoms with E-state index in [9.17, 15) is 18.0 Å². The van der Waals surface area contributed by atoms with Crippen molar-refractivity contribution in [2.75, 3.05) is 29.2 Å². The van der Waals surface area contributed by atoms with Crippen LogP contribution in [0, 0.1) is 17.5 Å². The lowest BCUT2D eigenvalue weighted by molar-refractivity contribution is -0.120. The average Bonchev–Trinajstić information content (AvgIpc) is 3.19. The molecule has 0 saturated heterocycles. The Kier molecular flexibility index (Phi) is 6.08. The highest BCUT2D eigenvalue weighted by Crippen LogP contribution is 2.29. The Morgan fingerprint density at radius 3 is 2.62 bits per heavy atom. The molecule has 0 saturated carbocycles. The van der Waals surface area contributed by atoms with Gasteiger partial charge in [0.05, 0.1) is 11.9 Å². The van der Waals surface area contributed by atoms with Crippen LogP contribution in [0.1, 0.15) is 12.0 Å². The number of carbonyl (C=O) groups is 1. The predicted octanol–water partition coefficient (Wildman–Crippen LogP) is 3.34. The van der Waals surface area contributed by atoms with E-state index in [1.165, 1.54) is 6.07 Å². The largest absolute Gasteiger partial charge is 0.359 e. The van der Waals surface area contributed by atoms with Gasteiger partial charge < -0.3 is 21.0 Å². The number of aromatic nitrogens is 2. The molecule has 1 aliphatic heterocycles. The number of amides is 1. The number of nitrogens with one attached hydrogen (secondary N) is 4. The van der Waals surface area contributed by atoms with Crippen LogP contribution in [-0.2, 0) is 11.3 Å². The molecule has 32 heavy (non-hydrogen) atoms. The maximum atomic E-state index is 14.1. The molecule has 8 nitrogen and oxygen atoms in total. The summed E-state index contributed by atoms with van der Waals surface area (Å²) in [6, 6.07) is 8.73. The molecule has 0 spiro atoms. The van der Waals surface area contributed by atoms with Crippen LogP contribution in [0.3, 0.4) is 0 Å². The van der Waals surface area contributed by atoms with E-state index in [0.717, 1.165) is 29.6 Å². The van der Waals surface area contributed by atoms with Crippen molar-refractivity contribution >= 4 is 34.7 Å². The lowest BCUT2D eigenvalue weighted by Crippen LogP contribution is -2.35. The number of fused-ring (bicyclic) bond motifs is 1.